The first-order valence-corrected chi connectivity index (χ1v) is 9.26. The summed E-state index contributed by atoms with van der Waals surface area (Å²) in [6.45, 7) is 2.18. The number of hydrogen-bond donors (Lipinski definition) is 1. The van der Waals surface area contributed by atoms with Gasteiger partial charge in [0, 0.05) is 25.1 Å². The number of carbonyl (C=O) groups excluding carboxylic acids is 2. The number of halogens is 4. The molecular formula is C21H20F4N2O2. The molecular weight excluding hydrogens is 388 g/mol. The van der Waals surface area contributed by atoms with Gasteiger partial charge in [-0.05, 0) is 49.6 Å². The summed E-state index contributed by atoms with van der Waals surface area (Å²) in [5.41, 5.74) is 0.234. The number of amides is 2. The van der Waals surface area contributed by atoms with Gasteiger partial charge >= 0.3 is 0 Å². The van der Waals surface area contributed by atoms with E-state index in [-0.39, 0.29) is 30.5 Å². The zero-order valence-corrected chi connectivity index (χ0v) is 15.7. The Morgan fingerprint density at radius 1 is 0.966 bits per heavy atom. The van der Waals surface area contributed by atoms with Crippen LogP contribution in [-0.2, 0) is 4.79 Å². The third-order valence-corrected chi connectivity index (χ3v) is 5.12. The summed E-state index contributed by atoms with van der Waals surface area (Å²) in [4.78, 5) is 26.3. The lowest BCUT2D eigenvalue weighted by Gasteiger charge is -2.32. The molecule has 0 aromatic heterocycles. The fourth-order valence-electron chi connectivity index (χ4n) is 3.37. The number of nitrogens with zero attached hydrogens (tertiary/aromatic N) is 1. The highest BCUT2D eigenvalue weighted by molar-refractivity contribution is 5.94. The van der Waals surface area contributed by atoms with Crippen molar-refractivity contribution in [2.24, 2.45) is 5.92 Å². The van der Waals surface area contributed by atoms with Crippen LogP contribution in [0, 0.1) is 29.2 Å². The van der Waals surface area contributed by atoms with E-state index in [9.17, 15) is 27.2 Å². The molecule has 2 aromatic carbocycles. The maximum Gasteiger partial charge on any atom is 0.256 e. The first-order valence-electron chi connectivity index (χ1n) is 9.26. The van der Waals surface area contributed by atoms with Crippen LogP contribution in [0.2, 0.25) is 0 Å². The highest BCUT2D eigenvalue weighted by Crippen LogP contribution is 2.22. The summed E-state index contributed by atoms with van der Waals surface area (Å²) < 4.78 is 53.2. The zero-order chi connectivity index (χ0) is 21.1. The van der Waals surface area contributed by atoms with Gasteiger partial charge in [-0.25, -0.2) is 17.6 Å². The molecule has 0 saturated carbocycles. The number of carbonyl (C=O) groups is 2. The molecule has 0 bridgehead atoms. The summed E-state index contributed by atoms with van der Waals surface area (Å²) in [5.74, 6) is -4.77. The highest BCUT2D eigenvalue weighted by atomic mass is 19.2. The van der Waals surface area contributed by atoms with Crippen molar-refractivity contribution in [1.82, 2.24) is 10.2 Å². The van der Waals surface area contributed by atoms with E-state index >= 15 is 0 Å². The van der Waals surface area contributed by atoms with E-state index in [2.05, 4.69) is 5.32 Å². The molecule has 0 radical (unpaired) electrons. The van der Waals surface area contributed by atoms with E-state index in [4.69, 9.17) is 0 Å². The van der Waals surface area contributed by atoms with Crippen molar-refractivity contribution >= 4 is 11.8 Å². The normalized spacial score (nSPS) is 15.8. The van der Waals surface area contributed by atoms with Crippen LogP contribution in [0.3, 0.4) is 0 Å². The predicted octanol–water partition coefficient (Wildman–Crippen LogP) is 3.97. The van der Waals surface area contributed by atoms with Crippen LogP contribution in [0.5, 0.6) is 0 Å². The molecule has 1 atom stereocenters. The minimum Gasteiger partial charge on any atom is -0.349 e. The van der Waals surface area contributed by atoms with Crippen LogP contribution in [-0.4, -0.2) is 29.8 Å². The molecule has 3 rings (SSSR count). The Balaban J connectivity index is 1.56. The number of hydrogen-bond acceptors (Lipinski definition) is 2. The fraction of sp³-hybridized carbons (Fsp3) is 0.333. The van der Waals surface area contributed by atoms with Gasteiger partial charge in [-0.15, -0.1) is 0 Å². The van der Waals surface area contributed by atoms with Gasteiger partial charge in [0.15, 0.2) is 11.6 Å². The van der Waals surface area contributed by atoms with Gasteiger partial charge < -0.3 is 10.2 Å². The lowest BCUT2D eigenvalue weighted by molar-refractivity contribution is -0.127. The maximum atomic E-state index is 13.8. The van der Waals surface area contributed by atoms with Crippen LogP contribution in [0.25, 0.3) is 0 Å². The van der Waals surface area contributed by atoms with Gasteiger partial charge in [0.1, 0.15) is 11.6 Å². The summed E-state index contributed by atoms with van der Waals surface area (Å²) in [6, 6.07) is 5.73. The lowest BCUT2D eigenvalue weighted by atomic mass is 9.94. The monoisotopic (exact) mass is 408 g/mol. The van der Waals surface area contributed by atoms with E-state index in [1.807, 2.05) is 0 Å². The summed E-state index contributed by atoms with van der Waals surface area (Å²) in [5, 5.41) is 2.77. The van der Waals surface area contributed by atoms with Crippen molar-refractivity contribution in [3.8, 4) is 0 Å². The van der Waals surface area contributed by atoms with E-state index in [0.29, 0.717) is 24.5 Å². The second-order valence-electron chi connectivity index (χ2n) is 7.09. The van der Waals surface area contributed by atoms with Gasteiger partial charge in [0.25, 0.3) is 5.91 Å². The molecule has 1 unspecified atom stereocenters. The van der Waals surface area contributed by atoms with E-state index in [1.54, 1.807) is 6.92 Å². The van der Waals surface area contributed by atoms with E-state index in [1.165, 1.54) is 11.0 Å². The third kappa shape index (κ3) is 4.75. The molecule has 1 aliphatic rings. The second-order valence-corrected chi connectivity index (χ2v) is 7.09. The van der Waals surface area contributed by atoms with Crippen LogP contribution in [0.15, 0.2) is 36.4 Å². The fourth-order valence-corrected chi connectivity index (χ4v) is 3.37. The van der Waals surface area contributed by atoms with Crippen molar-refractivity contribution in [2.45, 2.75) is 25.8 Å². The predicted molar refractivity (Wildman–Crippen MR) is 97.9 cm³/mol. The Kier molecular flexibility index (Phi) is 6.20. The number of rotatable bonds is 4. The van der Waals surface area contributed by atoms with Gasteiger partial charge in [-0.1, -0.05) is 6.07 Å². The van der Waals surface area contributed by atoms with Crippen LogP contribution < -0.4 is 5.32 Å². The first-order chi connectivity index (χ1) is 13.8. The molecule has 1 saturated heterocycles. The summed E-state index contributed by atoms with van der Waals surface area (Å²) >= 11 is 0. The molecule has 1 N–H and O–H groups in total. The van der Waals surface area contributed by atoms with Crippen molar-refractivity contribution in [3.05, 3.63) is 70.8 Å². The number of likely N-dealkylation sites (tertiary alicyclic amines) is 1. The van der Waals surface area contributed by atoms with Gasteiger partial charge in [0.2, 0.25) is 5.91 Å². The van der Waals surface area contributed by atoms with Crippen LogP contribution in [0.1, 0.15) is 41.7 Å². The standard InChI is InChI=1S/C21H20F4N2O2/c1-12(14-2-5-17(23)19(25)10-14)26-20(28)13-6-8-27(9-7-13)21(29)16-4-3-15(22)11-18(16)24/h2-5,10-13H,6-9H2,1H3,(H,26,28). The molecule has 8 heteroatoms. The molecule has 2 amide bonds. The van der Waals surface area contributed by atoms with Crippen molar-refractivity contribution in [3.63, 3.8) is 0 Å². The average molecular weight is 408 g/mol. The van der Waals surface area contributed by atoms with Gasteiger partial charge in [0.05, 0.1) is 11.6 Å². The molecule has 4 nitrogen and oxygen atoms in total. The van der Waals surface area contributed by atoms with Crippen molar-refractivity contribution in [1.29, 1.82) is 0 Å². The first kappa shape index (κ1) is 20.8. The second kappa shape index (κ2) is 8.63. The summed E-state index contributed by atoms with van der Waals surface area (Å²) in [6.07, 6.45) is 0.760. The molecule has 0 aliphatic carbocycles. The van der Waals surface area contributed by atoms with Gasteiger partial charge in [-0.2, -0.15) is 0 Å². The van der Waals surface area contributed by atoms with Crippen molar-refractivity contribution in [2.75, 3.05) is 13.1 Å². The van der Waals surface area contributed by atoms with Gasteiger partial charge in [-0.3, -0.25) is 9.59 Å². The molecule has 1 heterocycles. The minimum atomic E-state index is -0.983. The molecule has 0 spiro atoms. The van der Waals surface area contributed by atoms with E-state index < -0.39 is 35.2 Å². The Morgan fingerprint density at radius 2 is 1.66 bits per heavy atom. The topological polar surface area (TPSA) is 49.4 Å². The maximum absolute atomic E-state index is 13.8. The Morgan fingerprint density at radius 3 is 2.28 bits per heavy atom. The molecule has 29 heavy (non-hydrogen) atoms. The number of nitrogens with one attached hydrogen (secondary N) is 1. The average Bonchev–Trinajstić information content (AvgIpc) is 2.69. The van der Waals surface area contributed by atoms with E-state index in [0.717, 1.165) is 24.3 Å². The molecule has 1 aliphatic heterocycles. The zero-order valence-electron chi connectivity index (χ0n) is 15.7. The highest BCUT2D eigenvalue weighted by Gasteiger charge is 2.29. The Hall–Kier alpha value is -2.90. The molecule has 1 fully saturated rings. The quantitative estimate of drug-likeness (QED) is 0.779. The smallest absolute Gasteiger partial charge is 0.256 e. The Labute approximate surface area is 165 Å². The number of piperidine rings is 1. The molecule has 2 aromatic rings. The Bertz CT molecular complexity index is 927. The largest absolute Gasteiger partial charge is 0.349 e. The lowest BCUT2D eigenvalue weighted by Crippen LogP contribution is -2.43. The minimum absolute atomic E-state index is 0.207. The SMILES string of the molecule is CC(NC(=O)C1CCN(C(=O)c2ccc(F)cc2F)CC1)c1ccc(F)c(F)c1. The van der Waals surface area contributed by atoms with Crippen LogP contribution >= 0.6 is 0 Å². The molecule has 154 valence electrons. The van der Waals surface area contributed by atoms with Crippen LogP contribution in [0.4, 0.5) is 17.6 Å². The van der Waals surface area contributed by atoms with Crippen molar-refractivity contribution < 1.29 is 27.2 Å². The summed E-state index contributed by atoms with van der Waals surface area (Å²) in [7, 11) is 0. The third-order valence-electron chi connectivity index (χ3n) is 5.12. The number of benzene rings is 2.